The summed E-state index contributed by atoms with van der Waals surface area (Å²) in [6, 6.07) is 30.8. The number of aliphatic hydroxyl groups excluding tert-OH is 3. The fourth-order valence-electron chi connectivity index (χ4n) is 6.63. The Hall–Kier alpha value is -3.44. The molecule has 4 heteroatoms. The summed E-state index contributed by atoms with van der Waals surface area (Å²) in [5, 5.41) is 30.8. The molecule has 0 saturated carbocycles. The Morgan fingerprint density at radius 2 is 1.03 bits per heavy atom. The summed E-state index contributed by atoms with van der Waals surface area (Å²) < 4.78 is 6.66. The second-order valence-corrected chi connectivity index (χ2v) is 9.87. The Bertz CT molecular complexity index is 1370. The monoisotopic (exact) mass is 478 g/mol. The van der Waals surface area contributed by atoms with Crippen LogP contribution in [0.4, 0.5) is 0 Å². The number of ether oxygens (including phenoxy) is 1. The van der Waals surface area contributed by atoms with E-state index in [1.54, 1.807) is 0 Å². The lowest BCUT2D eigenvalue weighted by Gasteiger charge is -2.32. The molecule has 4 aromatic rings. The molecule has 6 rings (SSSR count). The van der Waals surface area contributed by atoms with Crippen molar-refractivity contribution in [2.24, 2.45) is 0 Å². The molecular formula is C32H30O4. The molecule has 3 N–H and O–H groups in total. The van der Waals surface area contributed by atoms with Gasteiger partial charge in [-0.2, -0.15) is 0 Å². The van der Waals surface area contributed by atoms with Crippen LogP contribution in [0.1, 0.15) is 35.1 Å². The first-order valence-corrected chi connectivity index (χ1v) is 12.6. The summed E-state index contributed by atoms with van der Waals surface area (Å²) in [5.41, 5.74) is 7.60. The molecule has 4 aromatic carbocycles. The zero-order valence-electron chi connectivity index (χ0n) is 20.2. The lowest BCUT2D eigenvalue weighted by Crippen LogP contribution is -2.36. The van der Waals surface area contributed by atoms with Gasteiger partial charge >= 0.3 is 0 Å². The number of hydrogen-bond acceptors (Lipinski definition) is 4. The van der Waals surface area contributed by atoms with Gasteiger partial charge < -0.3 is 20.1 Å². The van der Waals surface area contributed by atoms with Crippen molar-refractivity contribution < 1.29 is 20.1 Å². The molecular weight excluding hydrogens is 448 g/mol. The standard InChI is InChI=1S/C32H30O4/c33-18-16-31(17-19-34)27-13-6-3-10-24(27)30-28(31)14-7-15-29(30)36-21-32(20-35)25-11-4-1-8-22(25)23-9-2-5-12-26(23)32/h1-15,33-35H,16-21H2. The molecule has 0 aromatic heterocycles. The summed E-state index contributed by atoms with van der Waals surface area (Å²) in [6.45, 7) is 0.287. The van der Waals surface area contributed by atoms with Crippen LogP contribution in [0.15, 0.2) is 91.0 Å². The quantitative estimate of drug-likeness (QED) is 0.331. The second kappa shape index (κ2) is 8.90. The molecule has 0 aliphatic heterocycles. The molecule has 4 nitrogen and oxygen atoms in total. The SMILES string of the molecule is OCCC1(CCO)c2ccccc2-c2c(OCC3(CO)c4ccccc4-c4ccccc43)cccc21. The van der Waals surface area contributed by atoms with Gasteiger partial charge in [0.2, 0.25) is 0 Å². The number of rotatable bonds is 8. The van der Waals surface area contributed by atoms with Crippen molar-refractivity contribution in [3.05, 3.63) is 113 Å². The molecule has 2 aliphatic carbocycles. The largest absolute Gasteiger partial charge is 0.492 e. The van der Waals surface area contributed by atoms with Crippen LogP contribution < -0.4 is 4.74 Å². The highest BCUT2D eigenvalue weighted by Crippen LogP contribution is 2.56. The van der Waals surface area contributed by atoms with E-state index < -0.39 is 10.8 Å². The third-order valence-electron chi connectivity index (χ3n) is 8.25. The molecule has 0 bridgehead atoms. The van der Waals surface area contributed by atoms with E-state index in [0.717, 1.165) is 50.3 Å². The molecule has 0 heterocycles. The predicted molar refractivity (Wildman–Crippen MR) is 141 cm³/mol. The highest BCUT2D eigenvalue weighted by molar-refractivity contribution is 5.86. The smallest absolute Gasteiger partial charge is 0.127 e. The normalized spacial score (nSPS) is 15.6. The van der Waals surface area contributed by atoms with E-state index >= 15 is 0 Å². The van der Waals surface area contributed by atoms with E-state index in [1.165, 1.54) is 0 Å². The topological polar surface area (TPSA) is 69.9 Å². The van der Waals surface area contributed by atoms with E-state index in [-0.39, 0.29) is 19.8 Å². The zero-order valence-corrected chi connectivity index (χ0v) is 20.2. The average molecular weight is 479 g/mol. The van der Waals surface area contributed by atoms with Gasteiger partial charge in [-0.25, -0.2) is 0 Å². The van der Waals surface area contributed by atoms with Crippen LogP contribution in [0.2, 0.25) is 0 Å². The third-order valence-corrected chi connectivity index (χ3v) is 8.25. The van der Waals surface area contributed by atoms with Gasteiger partial charge in [-0.1, -0.05) is 84.9 Å². The Morgan fingerprint density at radius 1 is 0.528 bits per heavy atom. The Morgan fingerprint density at radius 3 is 1.58 bits per heavy atom. The first kappa shape index (κ1) is 23.0. The van der Waals surface area contributed by atoms with Gasteiger partial charge in [-0.05, 0) is 57.9 Å². The summed E-state index contributed by atoms with van der Waals surface area (Å²) in [5.74, 6) is 0.757. The van der Waals surface area contributed by atoms with E-state index in [0.29, 0.717) is 19.4 Å². The molecule has 2 aliphatic rings. The molecule has 36 heavy (non-hydrogen) atoms. The van der Waals surface area contributed by atoms with Crippen molar-refractivity contribution in [1.29, 1.82) is 0 Å². The molecule has 0 unspecified atom stereocenters. The van der Waals surface area contributed by atoms with Crippen molar-refractivity contribution in [3.63, 3.8) is 0 Å². The van der Waals surface area contributed by atoms with Gasteiger partial charge in [-0.3, -0.25) is 0 Å². The van der Waals surface area contributed by atoms with Crippen LogP contribution in [0, 0.1) is 0 Å². The van der Waals surface area contributed by atoms with E-state index in [9.17, 15) is 15.3 Å². The summed E-state index contributed by atoms with van der Waals surface area (Å²) in [7, 11) is 0. The van der Waals surface area contributed by atoms with Gasteiger partial charge in [0.15, 0.2) is 0 Å². The lowest BCUT2D eigenvalue weighted by molar-refractivity contribution is 0.159. The minimum atomic E-state index is -0.665. The Balaban J connectivity index is 1.46. The van der Waals surface area contributed by atoms with Crippen molar-refractivity contribution in [2.45, 2.75) is 23.7 Å². The lowest BCUT2D eigenvalue weighted by atomic mass is 9.73. The highest BCUT2D eigenvalue weighted by Gasteiger charge is 2.46. The van der Waals surface area contributed by atoms with Gasteiger partial charge in [0.05, 0.1) is 12.0 Å². The fraction of sp³-hybridized carbons (Fsp3) is 0.250. The maximum Gasteiger partial charge on any atom is 0.127 e. The first-order chi connectivity index (χ1) is 17.7. The third kappa shape index (κ3) is 3.12. The molecule has 0 amide bonds. The average Bonchev–Trinajstić information content (AvgIpc) is 3.37. The molecule has 182 valence electrons. The van der Waals surface area contributed by atoms with Gasteiger partial charge in [0.1, 0.15) is 12.4 Å². The Kier molecular flexibility index (Phi) is 5.68. The summed E-state index contributed by atoms with van der Waals surface area (Å²) in [4.78, 5) is 0. The number of benzene rings is 4. The van der Waals surface area contributed by atoms with Crippen LogP contribution in [0.3, 0.4) is 0 Å². The van der Waals surface area contributed by atoms with Crippen LogP contribution in [0.5, 0.6) is 5.75 Å². The van der Waals surface area contributed by atoms with E-state index in [4.69, 9.17) is 4.74 Å². The minimum Gasteiger partial charge on any atom is -0.492 e. The van der Waals surface area contributed by atoms with Crippen LogP contribution in [-0.2, 0) is 10.8 Å². The molecule has 0 spiro atoms. The molecule has 0 fully saturated rings. The van der Waals surface area contributed by atoms with Crippen LogP contribution in [-0.4, -0.2) is 41.7 Å². The molecule has 0 radical (unpaired) electrons. The maximum absolute atomic E-state index is 10.8. The van der Waals surface area contributed by atoms with Gasteiger partial charge in [0.25, 0.3) is 0 Å². The Labute approximate surface area is 211 Å². The van der Waals surface area contributed by atoms with Gasteiger partial charge in [-0.15, -0.1) is 0 Å². The number of aliphatic hydroxyl groups is 3. The van der Waals surface area contributed by atoms with E-state index in [1.807, 2.05) is 48.5 Å². The number of fused-ring (bicyclic) bond motifs is 6. The predicted octanol–water partition coefficient (Wildman–Crippen LogP) is 5.06. The van der Waals surface area contributed by atoms with Crippen molar-refractivity contribution >= 4 is 0 Å². The fourth-order valence-corrected chi connectivity index (χ4v) is 6.63. The first-order valence-electron chi connectivity index (χ1n) is 12.6. The van der Waals surface area contributed by atoms with E-state index in [2.05, 4.69) is 42.5 Å². The van der Waals surface area contributed by atoms with Crippen LogP contribution in [0.25, 0.3) is 22.3 Å². The van der Waals surface area contributed by atoms with Crippen molar-refractivity contribution in [2.75, 3.05) is 26.4 Å². The summed E-state index contributed by atoms with van der Waals surface area (Å²) in [6.07, 6.45) is 1.06. The molecule has 0 saturated heterocycles. The molecule has 0 atom stereocenters. The van der Waals surface area contributed by atoms with Gasteiger partial charge in [0, 0.05) is 24.2 Å². The van der Waals surface area contributed by atoms with Crippen molar-refractivity contribution in [1.82, 2.24) is 0 Å². The second-order valence-electron chi connectivity index (χ2n) is 9.87. The van der Waals surface area contributed by atoms with Crippen LogP contribution >= 0.6 is 0 Å². The minimum absolute atomic E-state index is 0.0278. The maximum atomic E-state index is 10.8. The highest BCUT2D eigenvalue weighted by atomic mass is 16.5. The summed E-state index contributed by atoms with van der Waals surface area (Å²) >= 11 is 0. The van der Waals surface area contributed by atoms with Crippen molar-refractivity contribution in [3.8, 4) is 28.0 Å². The number of hydrogen-bond donors (Lipinski definition) is 3. The zero-order chi connectivity index (χ0) is 24.8.